The lowest BCUT2D eigenvalue weighted by Crippen LogP contribution is -2.19. The number of anilines is 2. The predicted molar refractivity (Wildman–Crippen MR) is 74.6 cm³/mol. The van der Waals surface area contributed by atoms with Crippen molar-refractivity contribution in [2.75, 3.05) is 10.6 Å². The summed E-state index contributed by atoms with van der Waals surface area (Å²) in [7, 11) is 0. The first-order valence-electron chi connectivity index (χ1n) is 6.15. The molecular formula is C15H12N2O3. The number of carbonyl (C=O) groups is 2. The lowest BCUT2D eigenvalue weighted by molar-refractivity contribution is 0.0535. The number of urea groups is 1. The van der Waals surface area contributed by atoms with E-state index in [0.29, 0.717) is 23.5 Å². The van der Waals surface area contributed by atoms with Crippen molar-refractivity contribution >= 4 is 23.4 Å². The standard InChI is InChI=1S/C15H12N2O3/c18-14-13-8-12(7-6-10(13)9-20-14)17-15(19)16-11-4-2-1-3-5-11/h1-8H,9H2,(H2,16,17,19). The Morgan fingerprint density at radius 2 is 1.75 bits per heavy atom. The molecule has 0 aromatic heterocycles. The molecule has 1 aliphatic heterocycles. The van der Waals surface area contributed by atoms with Gasteiger partial charge in [0.25, 0.3) is 0 Å². The molecule has 0 aliphatic carbocycles. The quantitative estimate of drug-likeness (QED) is 0.823. The van der Waals surface area contributed by atoms with E-state index in [-0.39, 0.29) is 12.0 Å². The van der Waals surface area contributed by atoms with Crippen molar-refractivity contribution in [1.82, 2.24) is 0 Å². The van der Waals surface area contributed by atoms with Gasteiger partial charge < -0.3 is 15.4 Å². The van der Waals surface area contributed by atoms with Crippen molar-refractivity contribution < 1.29 is 14.3 Å². The zero-order valence-corrected chi connectivity index (χ0v) is 10.6. The highest BCUT2D eigenvalue weighted by Gasteiger charge is 2.21. The molecule has 20 heavy (non-hydrogen) atoms. The molecule has 2 N–H and O–H groups in total. The molecule has 0 spiro atoms. The van der Waals surface area contributed by atoms with Gasteiger partial charge in [-0.1, -0.05) is 24.3 Å². The number of para-hydroxylation sites is 1. The van der Waals surface area contributed by atoms with Crippen molar-refractivity contribution in [3.63, 3.8) is 0 Å². The van der Waals surface area contributed by atoms with E-state index in [1.165, 1.54) is 0 Å². The van der Waals surface area contributed by atoms with Gasteiger partial charge in [0.2, 0.25) is 0 Å². The summed E-state index contributed by atoms with van der Waals surface area (Å²) in [5, 5.41) is 5.39. The van der Waals surface area contributed by atoms with E-state index < -0.39 is 0 Å². The van der Waals surface area contributed by atoms with Gasteiger partial charge in [0, 0.05) is 16.9 Å². The summed E-state index contributed by atoms with van der Waals surface area (Å²) in [5.41, 5.74) is 2.59. The van der Waals surface area contributed by atoms with E-state index in [4.69, 9.17) is 4.74 Å². The second kappa shape index (κ2) is 5.05. The highest BCUT2D eigenvalue weighted by molar-refractivity contribution is 6.01. The Bertz CT molecular complexity index is 668. The lowest BCUT2D eigenvalue weighted by atomic mass is 10.1. The Hall–Kier alpha value is -2.82. The lowest BCUT2D eigenvalue weighted by Gasteiger charge is -2.08. The Morgan fingerprint density at radius 3 is 2.55 bits per heavy atom. The molecule has 2 aromatic rings. The van der Waals surface area contributed by atoms with Crippen molar-refractivity contribution in [3.05, 3.63) is 59.7 Å². The molecule has 0 unspecified atom stereocenters. The average molecular weight is 268 g/mol. The summed E-state index contributed by atoms with van der Waals surface area (Å²) in [6.07, 6.45) is 0. The third kappa shape index (κ3) is 2.47. The fraction of sp³-hybridized carbons (Fsp3) is 0.0667. The summed E-state index contributed by atoms with van der Waals surface area (Å²) in [6.45, 7) is 0.296. The number of cyclic esters (lactones) is 1. The molecule has 1 heterocycles. The Balaban J connectivity index is 1.71. The van der Waals surface area contributed by atoms with Crippen LogP contribution in [0.4, 0.5) is 16.2 Å². The largest absolute Gasteiger partial charge is 0.457 e. The van der Waals surface area contributed by atoms with Crippen LogP contribution in [0.25, 0.3) is 0 Å². The maximum absolute atomic E-state index is 11.8. The first-order chi connectivity index (χ1) is 9.72. The summed E-state index contributed by atoms with van der Waals surface area (Å²) >= 11 is 0. The summed E-state index contributed by atoms with van der Waals surface area (Å²) in [4.78, 5) is 23.3. The number of nitrogens with one attached hydrogen (secondary N) is 2. The van der Waals surface area contributed by atoms with Gasteiger partial charge in [-0.05, 0) is 24.3 Å². The van der Waals surface area contributed by atoms with Crippen LogP contribution in [0.5, 0.6) is 0 Å². The van der Waals surface area contributed by atoms with Gasteiger partial charge in [-0.25, -0.2) is 9.59 Å². The third-order valence-corrected chi connectivity index (χ3v) is 2.98. The molecule has 5 nitrogen and oxygen atoms in total. The number of ether oxygens (including phenoxy) is 1. The van der Waals surface area contributed by atoms with Gasteiger partial charge in [-0.15, -0.1) is 0 Å². The van der Waals surface area contributed by atoms with Crippen LogP contribution in [-0.4, -0.2) is 12.0 Å². The van der Waals surface area contributed by atoms with Crippen molar-refractivity contribution in [1.29, 1.82) is 0 Å². The van der Waals surface area contributed by atoms with Gasteiger partial charge >= 0.3 is 12.0 Å². The zero-order valence-electron chi connectivity index (χ0n) is 10.6. The van der Waals surface area contributed by atoms with E-state index in [1.807, 2.05) is 18.2 Å². The molecule has 3 rings (SSSR count). The minimum Gasteiger partial charge on any atom is -0.457 e. The Kier molecular flexibility index (Phi) is 3.09. The number of hydrogen-bond donors (Lipinski definition) is 2. The van der Waals surface area contributed by atoms with Crippen molar-refractivity contribution in [3.8, 4) is 0 Å². The molecule has 1 aliphatic rings. The molecule has 0 atom stereocenters. The van der Waals surface area contributed by atoms with E-state index >= 15 is 0 Å². The molecule has 0 radical (unpaired) electrons. The molecule has 0 bridgehead atoms. The molecule has 0 fully saturated rings. The maximum Gasteiger partial charge on any atom is 0.338 e. The van der Waals surface area contributed by atoms with Gasteiger partial charge in [-0.2, -0.15) is 0 Å². The fourth-order valence-corrected chi connectivity index (χ4v) is 2.01. The molecule has 2 aromatic carbocycles. The van der Waals surface area contributed by atoms with Gasteiger partial charge in [0.15, 0.2) is 0 Å². The molecule has 0 saturated heterocycles. The van der Waals surface area contributed by atoms with Crippen LogP contribution >= 0.6 is 0 Å². The molecule has 100 valence electrons. The Labute approximate surface area is 115 Å². The minimum atomic E-state index is -0.359. The number of rotatable bonds is 2. The SMILES string of the molecule is O=C(Nc1ccccc1)Nc1ccc2c(c1)C(=O)OC2. The first-order valence-corrected chi connectivity index (χ1v) is 6.15. The molecule has 0 saturated carbocycles. The minimum absolute atomic E-state index is 0.296. The number of carbonyl (C=O) groups excluding carboxylic acids is 2. The Morgan fingerprint density at radius 1 is 1.00 bits per heavy atom. The van der Waals surface area contributed by atoms with Crippen LogP contribution in [0.2, 0.25) is 0 Å². The van der Waals surface area contributed by atoms with Gasteiger partial charge in [0.05, 0.1) is 5.56 Å². The monoisotopic (exact) mass is 268 g/mol. The van der Waals surface area contributed by atoms with Crippen molar-refractivity contribution in [2.24, 2.45) is 0 Å². The zero-order chi connectivity index (χ0) is 13.9. The van der Waals surface area contributed by atoms with Crippen LogP contribution < -0.4 is 10.6 Å². The normalized spacial score (nSPS) is 12.5. The molecular weight excluding hydrogens is 256 g/mol. The van der Waals surface area contributed by atoms with Gasteiger partial charge in [-0.3, -0.25) is 0 Å². The van der Waals surface area contributed by atoms with Gasteiger partial charge in [0.1, 0.15) is 6.61 Å². The number of amides is 2. The maximum atomic E-state index is 11.8. The average Bonchev–Trinajstić information content (AvgIpc) is 2.81. The van der Waals surface area contributed by atoms with E-state index in [2.05, 4.69) is 10.6 Å². The van der Waals surface area contributed by atoms with Crippen LogP contribution in [0.3, 0.4) is 0 Å². The second-order valence-electron chi connectivity index (χ2n) is 4.39. The van der Waals surface area contributed by atoms with Crippen LogP contribution in [0.1, 0.15) is 15.9 Å². The number of hydrogen-bond acceptors (Lipinski definition) is 3. The van der Waals surface area contributed by atoms with Crippen LogP contribution in [0.15, 0.2) is 48.5 Å². The smallest absolute Gasteiger partial charge is 0.338 e. The number of benzene rings is 2. The highest BCUT2D eigenvalue weighted by atomic mass is 16.5. The van der Waals surface area contributed by atoms with E-state index in [0.717, 1.165) is 5.56 Å². The van der Waals surface area contributed by atoms with Crippen molar-refractivity contribution in [2.45, 2.75) is 6.61 Å². The highest BCUT2D eigenvalue weighted by Crippen LogP contribution is 2.23. The second-order valence-corrected chi connectivity index (χ2v) is 4.39. The summed E-state index contributed by atoms with van der Waals surface area (Å²) in [6, 6.07) is 13.9. The number of esters is 1. The summed E-state index contributed by atoms with van der Waals surface area (Å²) < 4.78 is 4.91. The topological polar surface area (TPSA) is 67.4 Å². The summed E-state index contributed by atoms with van der Waals surface area (Å²) in [5.74, 6) is -0.355. The van der Waals surface area contributed by atoms with Crippen LogP contribution in [0, 0.1) is 0 Å². The first kappa shape index (κ1) is 12.2. The third-order valence-electron chi connectivity index (χ3n) is 2.98. The van der Waals surface area contributed by atoms with Crippen LogP contribution in [-0.2, 0) is 11.3 Å². The number of fused-ring (bicyclic) bond motifs is 1. The molecule has 5 heteroatoms. The fourth-order valence-electron chi connectivity index (χ4n) is 2.01. The van der Waals surface area contributed by atoms with E-state index in [9.17, 15) is 9.59 Å². The van der Waals surface area contributed by atoms with E-state index in [1.54, 1.807) is 30.3 Å². The predicted octanol–water partition coefficient (Wildman–Crippen LogP) is 3.00. The molecule has 2 amide bonds.